The molecule has 7 nitrogen and oxygen atoms in total. The maximum atomic E-state index is 11.9. The maximum absolute atomic E-state index is 11.9. The van der Waals surface area contributed by atoms with Crippen LogP contribution in [-0.2, 0) is 22.6 Å². The lowest BCUT2D eigenvalue weighted by molar-refractivity contribution is -0.119. The number of primary amides is 1. The van der Waals surface area contributed by atoms with Crippen LogP contribution in [0.15, 0.2) is 5.16 Å². The number of hydrogen-bond donors (Lipinski definition) is 2. The fourth-order valence-corrected chi connectivity index (χ4v) is 2.89. The van der Waals surface area contributed by atoms with Crippen LogP contribution in [0.2, 0.25) is 0 Å². The number of carbonyl (C=O) groups is 2. The second-order valence-corrected chi connectivity index (χ2v) is 5.92. The highest BCUT2D eigenvalue weighted by molar-refractivity contribution is 7.99. The highest BCUT2D eigenvalue weighted by atomic mass is 32.2. The third-order valence-corrected chi connectivity index (χ3v) is 4.35. The summed E-state index contributed by atoms with van der Waals surface area (Å²) in [4.78, 5) is 22.8. The zero-order chi connectivity index (χ0) is 16.5. The van der Waals surface area contributed by atoms with Gasteiger partial charge in [0.2, 0.25) is 11.8 Å². The normalized spacial score (nSPS) is 10.9. The molecular formula is C14H25N5O2S. The molecule has 22 heavy (non-hydrogen) atoms. The van der Waals surface area contributed by atoms with Crippen LogP contribution in [-0.4, -0.2) is 38.4 Å². The topological polar surface area (TPSA) is 103 Å². The third-order valence-electron chi connectivity index (χ3n) is 3.39. The Morgan fingerprint density at radius 3 is 2.50 bits per heavy atom. The van der Waals surface area contributed by atoms with E-state index in [0.29, 0.717) is 23.9 Å². The Balaban J connectivity index is 2.58. The van der Waals surface area contributed by atoms with Crippen molar-refractivity contribution in [2.75, 3.05) is 5.75 Å². The molecule has 0 saturated heterocycles. The molecule has 0 aromatic carbocycles. The molecule has 0 saturated carbocycles. The summed E-state index contributed by atoms with van der Waals surface area (Å²) >= 11 is 1.36. The van der Waals surface area contributed by atoms with Crippen molar-refractivity contribution in [3.63, 3.8) is 0 Å². The van der Waals surface area contributed by atoms with E-state index in [1.165, 1.54) is 11.8 Å². The van der Waals surface area contributed by atoms with Gasteiger partial charge in [-0.05, 0) is 19.8 Å². The number of nitrogens with zero attached hydrogens (tertiary/aromatic N) is 3. The minimum Gasteiger partial charge on any atom is -0.370 e. The van der Waals surface area contributed by atoms with Crippen LogP contribution in [0, 0.1) is 0 Å². The van der Waals surface area contributed by atoms with Crippen molar-refractivity contribution in [2.24, 2.45) is 5.73 Å². The number of amides is 2. The Labute approximate surface area is 135 Å². The summed E-state index contributed by atoms with van der Waals surface area (Å²) in [6.07, 6.45) is 2.57. The van der Waals surface area contributed by atoms with Crippen LogP contribution in [0.5, 0.6) is 0 Å². The van der Waals surface area contributed by atoms with Crippen LogP contribution < -0.4 is 11.1 Å². The first-order chi connectivity index (χ1) is 10.5. The van der Waals surface area contributed by atoms with Gasteiger partial charge in [-0.1, -0.05) is 25.6 Å². The van der Waals surface area contributed by atoms with Crippen molar-refractivity contribution < 1.29 is 9.59 Å². The molecule has 1 aromatic heterocycles. The lowest BCUT2D eigenvalue weighted by Crippen LogP contribution is -2.35. The van der Waals surface area contributed by atoms with Crippen LogP contribution in [0.25, 0.3) is 0 Å². The number of aromatic nitrogens is 3. The minimum atomic E-state index is -0.357. The van der Waals surface area contributed by atoms with Gasteiger partial charge in [0.1, 0.15) is 5.82 Å². The number of nitrogens with one attached hydrogen (secondary N) is 1. The monoisotopic (exact) mass is 327 g/mol. The number of aryl methyl sites for hydroxylation is 1. The van der Waals surface area contributed by atoms with Gasteiger partial charge in [0, 0.05) is 25.4 Å². The number of thioether (sulfide) groups is 1. The third kappa shape index (κ3) is 5.67. The van der Waals surface area contributed by atoms with Gasteiger partial charge in [-0.3, -0.25) is 9.59 Å². The lowest BCUT2D eigenvalue weighted by Gasteiger charge is -2.14. The smallest absolute Gasteiger partial charge is 0.230 e. The van der Waals surface area contributed by atoms with E-state index in [-0.39, 0.29) is 24.3 Å². The second kappa shape index (κ2) is 9.45. The highest BCUT2D eigenvalue weighted by Crippen LogP contribution is 2.17. The standard InChI is InChI=1S/C14H25N5O2S/c1-4-10(5-2)16-13(21)9-22-14-18-17-12(19(14)6-3)8-7-11(15)20/h10H,4-9H2,1-3H3,(H2,15,20)(H,16,21). The van der Waals surface area contributed by atoms with E-state index < -0.39 is 0 Å². The molecular weight excluding hydrogens is 302 g/mol. The van der Waals surface area contributed by atoms with E-state index in [2.05, 4.69) is 29.4 Å². The Hall–Kier alpha value is -1.57. The van der Waals surface area contributed by atoms with Crippen molar-refractivity contribution >= 4 is 23.6 Å². The number of carbonyl (C=O) groups excluding carboxylic acids is 2. The van der Waals surface area contributed by atoms with E-state index in [1.54, 1.807) is 0 Å². The summed E-state index contributed by atoms with van der Waals surface area (Å²) in [5.74, 6) is 0.682. The van der Waals surface area contributed by atoms with Gasteiger partial charge < -0.3 is 15.6 Å². The largest absolute Gasteiger partial charge is 0.370 e. The number of nitrogens with two attached hydrogens (primary N) is 1. The molecule has 1 heterocycles. The Morgan fingerprint density at radius 2 is 1.95 bits per heavy atom. The van der Waals surface area contributed by atoms with Gasteiger partial charge >= 0.3 is 0 Å². The summed E-state index contributed by atoms with van der Waals surface area (Å²) in [6, 6.07) is 0.225. The van der Waals surface area contributed by atoms with Gasteiger partial charge in [-0.15, -0.1) is 10.2 Å². The van der Waals surface area contributed by atoms with Gasteiger partial charge in [0.25, 0.3) is 0 Å². The Kier molecular flexibility index (Phi) is 7.94. The molecule has 8 heteroatoms. The fraction of sp³-hybridized carbons (Fsp3) is 0.714. The summed E-state index contributed by atoms with van der Waals surface area (Å²) in [5.41, 5.74) is 5.16. The van der Waals surface area contributed by atoms with Crippen LogP contribution in [0.4, 0.5) is 0 Å². The molecule has 0 aliphatic heterocycles. The van der Waals surface area contributed by atoms with Crippen molar-refractivity contribution in [1.82, 2.24) is 20.1 Å². The van der Waals surface area contributed by atoms with Crippen molar-refractivity contribution in [3.8, 4) is 0 Å². The summed E-state index contributed by atoms with van der Waals surface area (Å²) in [5, 5.41) is 11.9. The maximum Gasteiger partial charge on any atom is 0.230 e. The molecule has 2 amide bonds. The van der Waals surface area contributed by atoms with Gasteiger partial charge in [-0.2, -0.15) is 0 Å². The summed E-state index contributed by atoms with van der Waals surface area (Å²) < 4.78 is 1.91. The SMILES string of the molecule is CCC(CC)NC(=O)CSc1nnc(CCC(N)=O)n1CC. The number of rotatable bonds is 10. The molecule has 0 spiro atoms. The Morgan fingerprint density at radius 1 is 1.27 bits per heavy atom. The van der Waals surface area contributed by atoms with Crippen LogP contribution in [0.3, 0.4) is 0 Å². The molecule has 124 valence electrons. The minimum absolute atomic E-state index is 0.00281. The van der Waals surface area contributed by atoms with Crippen molar-refractivity contribution in [1.29, 1.82) is 0 Å². The van der Waals surface area contributed by atoms with E-state index >= 15 is 0 Å². The first-order valence-corrected chi connectivity index (χ1v) is 8.62. The van der Waals surface area contributed by atoms with E-state index in [9.17, 15) is 9.59 Å². The quantitative estimate of drug-likeness (QED) is 0.627. The predicted molar refractivity (Wildman–Crippen MR) is 86.4 cm³/mol. The first-order valence-electron chi connectivity index (χ1n) is 7.64. The summed E-state index contributed by atoms with van der Waals surface area (Å²) in [6.45, 7) is 6.78. The molecule has 0 aliphatic rings. The number of hydrogen-bond acceptors (Lipinski definition) is 5. The van der Waals surface area contributed by atoms with E-state index in [4.69, 9.17) is 5.73 Å². The van der Waals surface area contributed by atoms with E-state index in [1.807, 2.05) is 11.5 Å². The molecule has 0 bridgehead atoms. The molecule has 0 unspecified atom stereocenters. The van der Waals surface area contributed by atoms with Gasteiger partial charge in [0.05, 0.1) is 5.75 Å². The molecule has 0 radical (unpaired) electrons. The predicted octanol–water partition coefficient (Wildman–Crippen LogP) is 1.11. The molecule has 1 aromatic rings. The van der Waals surface area contributed by atoms with Crippen LogP contribution in [0.1, 0.15) is 45.9 Å². The average molecular weight is 327 g/mol. The second-order valence-electron chi connectivity index (χ2n) is 4.98. The van der Waals surface area contributed by atoms with Crippen LogP contribution >= 0.6 is 11.8 Å². The van der Waals surface area contributed by atoms with Gasteiger partial charge in [0.15, 0.2) is 5.16 Å². The lowest BCUT2D eigenvalue weighted by atomic mass is 10.2. The molecule has 3 N–H and O–H groups in total. The summed E-state index contributed by atoms with van der Waals surface area (Å²) in [7, 11) is 0. The fourth-order valence-electron chi connectivity index (χ4n) is 2.06. The zero-order valence-corrected chi connectivity index (χ0v) is 14.3. The zero-order valence-electron chi connectivity index (χ0n) is 13.5. The van der Waals surface area contributed by atoms with Gasteiger partial charge in [-0.25, -0.2) is 0 Å². The molecule has 1 rings (SSSR count). The Bertz CT molecular complexity index is 499. The highest BCUT2D eigenvalue weighted by Gasteiger charge is 2.14. The van der Waals surface area contributed by atoms with Crippen molar-refractivity contribution in [2.45, 2.75) is 64.2 Å². The first kappa shape index (κ1) is 18.5. The van der Waals surface area contributed by atoms with Crippen molar-refractivity contribution in [3.05, 3.63) is 5.82 Å². The molecule has 0 atom stereocenters. The van der Waals surface area contributed by atoms with E-state index in [0.717, 1.165) is 18.7 Å². The molecule has 0 aliphatic carbocycles. The molecule has 0 fully saturated rings. The average Bonchev–Trinajstić information content (AvgIpc) is 2.90.